The molecule has 1 heterocycles. The standard InChI is InChI=1S/C38H37N2O6P/c1-5-26-44-35-33(39-32(41)27-45-28-18-10-6-11-19-28)34(42)40(35)36(37(43)46-38(2,3)4)47(29-20-12-7-13-21-29,30-22-14-8-15-23-30)31-24-16-9-17-25-31/h1,6-25,33,35H,26-27H2,2-4H3,(H,39,41)/t33-,35-/m0/s1. The third-order valence-electron chi connectivity index (χ3n) is 7.37. The fourth-order valence-electron chi connectivity index (χ4n) is 5.50. The van der Waals surface area contributed by atoms with Gasteiger partial charge in [-0.3, -0.25) is 14.5 Å². The first-order valence-electron chi connectivity index (χ1n) is 15.2. The van der Waals surface area contributed by atoms with Crippen LogP contribution in [-0.4, -0.2) is 59.2 Å². The summed E-state index contributed by atoms with van der Waals surface area (Å²) >= 11 is 0. The number of amides is 2. The number of terminal acetylenes is 1. The predicted molar refractivity (Wildman–Crippen MR) is 185 cm³/mol. The summed E-state index contributed by atoms with van der Waals surface area (Å²) in [4.78, 5) is 43.4. The van der Waals surface area contributed by atoms with E-state index in [1.807, 2.05) is 97.1 Å². The quantitative estimate of drug-likeness (QED) is 0.115. The van der Waals surface area contributed by atoms with Gasteiger partial charge in [-0.05, 0) is 48.8 Å². The number of hydrogen-bond donors (Lipinski definition) is 1. The second kappa shape index (κ2) is 14.6. The Morgan fingerprint density at radius 2 is 1.28 bits per heavy atom. The third kappa shape index (κ3) is 7.18. The molecular weight excluding hydrogens is 611 g/mol. The molecule has 0 bridgehead atoms. The van der Waals surface area contributed by atoms with Crippen LogP contribution in [0.1, 0.15) is 20.8 Å². The molecule has 1 N–H and O–H groups in total. The van der Waals surface area contributed by atoms with E-state index in [-0.39, 0.29) is 18.6 Å². The van der Waals surface area contributed by atoms with Crippen molar-refractivity contribution in [1.82, 2.24) is 10.2 Å². The van der Waals surface area contributed by atoms with Crippen molar-refractivity contribution in [1.29, 1.82) is 0 Å². The summed E-state index contributed by atoms with van der Waals surface area (Å²) in [5, 5.41) is 5.21. The van der Waals surface area contributed by atoms with Crippen LogP contribution in [0.4, 0.5) is 0 Å². The van der Waals surface area contributed by atoms with Gasteiger partial charge in [-0.25, -0.2) is 4.79 Å². The molecule has 0 aliphatic carbocycles. The lowest BCUT2D eigenvalue weighted by atomic mass is 10.0. The van der Waals surface area contributed by atoms with Crippen molar-refractivity contribution < 1.29 is 28.6 Å². The molecule has 47 heavy (non-hydrogen) atoms. The van der Waals surface area contributed by atoms with E-state index in [9.17, 15) is 14.4 Å². The van der Waals surface area contributed by atoms with E-state index in [1.54, 1.807) is 45.0 Å². The second-order valence-electron chi connectivity index (χ2n) is 11.8. The number of carbonyl (C=O) groups is 3. The fourth-order valence-corrected chi connectivity index (χ4v) is 9.84. The van der Waals surface area contributed by atoms with E-state index >= 15 is 0 Å². The summed E-state index contributed by atoms with van der Waals surface area (Å²) in [6.45, 7) is 1.66. The van der Waals surface area contributed by atoms with Crippen molar-refractivity contribution in [3.05, 3.63) is 121 Å². The summed E-state index contributed by atoms with van der Waals surface area (Å²) in [7, 11) is 0. The van der Waals surface area contributed by atoms with E-state index < -0.39 is 42.5 Å². The number of nitrogens with one attached hydrogen (secondary N) is 1. The highest BCUT2D eigenvalue weighted by atomic mass is 31.2. The molecule has 8 nitrogen and oxygen atoms in total. The number of rotatable bonds is 11. The molecule has 0 unspecified atom stereocenters. The molecule has 4 aromatic rings. The maximum absolute atomic E-state index is 14.7. The summed E-state index contributed by atoms with van der Waals surface area (Å²) in [6, 6.07) is 36.6. The van der Waals surface area contributed by atoms with Crippen molar-refractivity contribution in [2.45, 2.75) is 38.6 Å². The van der Waals surface area contributed by atoms with Crippen LogP contribution in [0.3, 0.4) is 0 Å². The first-order valence-corrected chi connectivity index (χ1v) is 17.0. The molecule has 4 aromatic carbocycles. The summed E-state index contributed by atoms with van der Waals surface area (Å²) < 4.78 is 17.7. The number of β-lactam (4-membered cyclic amide) rings is 1. The highest BCUT2D eigenvalue weighted by molar-refractivity contribution is 7.96. The van der Waals surface area contributed by atoms with Gasteiger partial charge in [0.05, 0.1) is 0 Å². The van der Waals surface area contributed by atoms with Crippen LogP contribution in [0.25, 0.3) is 0 Å². The van der Waals surface area contributed by atoms with Gasteiger partial charge in [0.25, 0.3) is 11.8 Å². The Hall–Kier alpha value is -5.09. The average Bonchev–Trinajstić information content (AvgIpc) is 3.08. The van der Waals surface area contributed by atoms with E-state index in [2.05, 4.69) is 11.2 Å². The van der Waals surface area contributed by atoms with Gasteiger partial charge < -0.3 is 19.5 Å². The lowest BCUT2D eigenvalue weighted by Gasteiger charge is -2.49. The zero-order valence-electron chi connectivity index (χ0n) is 26.5. The van der Waals surface area contributed by atoms with E-state index in [4.69, 9.17) is 20.6 Å². The lowest BCUT2D eigenvalue weighted by Crippen LogP contribution is -2.74. The van der Waals surface area contributed by atoms with Gasteiger partial charge in [-0.1, -0.05) is 115 Å². The molecule has 240 valence electrons. The van der Waals surface area contributed by atoms with Crippen LogP contribution in [0, 0.1) is 12.3 Å². The van der Waals surface area contributed by atoms with Crippen molar-refractivity contribution in [2.24, 2.45) is 0 Å². The highest BCUT2D eigenvalue weighted by Gasteiger charge is 2.55. The molecule has 0 spiro atoms. The first kappa shape index (κ1) is 33.3. The average molecular weight is 649 g/mol. The zero-order valence-corrected chi connectivity index (χ0v) is 27.4. The number of para-hydroxylation sites is 1. The molecule has 1 fully saturated rings. The highest BCUT2D eigenvalue weighted by Crippen LogP contribution is 2.49. The maximum atomic E-state index is 14.7. The van der Waals surface area contributed by atoms with Crippen LogP contribution in [0.2, 0.25) is 0 Å². The minimum atomic E-state index is -3.17. The van der Waals surface area contributed by atoms with Crippen molar-refractivity contribution >= 4 is 46.0 Å². The zero-order chi connectivity index (χ0) is 33.4. The van der Waals surface area contributed by atoms with Crippen molar-refractivity contribution in [3.8, 4) is 18.1 Å². The molecule has 0 aromatic heterocycles. The largest absolute Gasteiger partial charge is 0.484 e. The van der Waals surface area contributed by atoms with Gasteiger partial charge >= 0.3 is 5.97 Å². The summed E-state index contributed by atoms with van der Waals surface area (Å²) in [6.07, 6.45) is 4.50. The molecule has 2 amide bonds. The molecule has 1 aliphatic heterocycles. The predicted octanol–water partition coefficient (Wildman–Crippen LogP) is 3.83. The number of likely N-dealkylation sites (tertiary alicyclic amines) is 1. The SMILES string of the molecule is C#CCO[C@H]1[C@@H](NC(=O)COc2ccccc2)C(=O)N1C(C(=O)OC(C)(C)C)=P(c1ccccc1)(c1ccccc1)c1ccccc1. The maximum Gasteiger partial charge on any atom is 0.356 e. The smallest absolute Gasteiger partial charge is 0.356 e. The number of hydrogen-bond acceptors (Lipinski definition) is 6. The number of ether oxygens (including phenoxy) is 3. The topological polar surface area (TPSA) is 94.2 Å². The second-order valence-corrected chi connectivity index (χ2v) is 15.1. The summed E-state index contributed by atoms with van der Waals surface area (Å²) in [5.74, 6) is 1.21. The van der Waals surface area contributed by atoms with Gasteiger partial charge in [0.1, 0.15) is 23.4 Å². The Kier molecular flexibility index (Phi) is 10.3. The number of carbonyl (C=O) groups excluding carboxylic acids is 3. The Morgan fingerprint density at radius 1 is 0.809 bits per heavy atom. The molecular formula is C38H37N2O6P. The van der Waals surface area contributed by atoms with Crippen LogP contribution < -0.4 is 26.0 Å². The minimum Gasteiger partial charge on any atom is -0.484 e. The number of esters is 1. The van der Waals surface area contributed by atoms with E-state index in [0.29, 0.717) is 5.75 Å². The van der Waals surface area contributed by atoms with Gasteiger partial charge in [0.2, 0.25) is 0 Å². The fraction of sp³-hybridized carbons (Fsp3) is 0.211. The van der Waals surface area contributed by atoms with Gasteiger partial charge in [0.15, 0.2) is 18.9 Å². The molecule has 2 atom stereocenters. The molecule has 9 heteroatoms. The number of benzene rings is 4. The Balaban J connectivity index is 1.72. The van der Waals surface area contributed by atoms with Gasteiger partial charge in [-0.15, -0.1) is 6.42 Å². The number of nitrogens with zero attached hydrogens (tertiary/aromatic N) is 1. The van der Waals surface area contributed by atoms with Crippen LogP contribution in [0.5, 0.6) is 5.75 Å². The Bertz CT molecular complexity index is 1700. The van der Waals surface area contributed by atoms with Gasteiger partial charge in [-0.2, -0.15) is 0 Å². The minimum absolute atomic E-state index is 0.120. The van der Waals surface area contributed by atoms with E-state index in [1.165, 1.54) is 4.90 Å². The molecule has 0 saturated carbocycles. The van der Waals surface area contributed by atoms with E-state index in [0.717, 1.165) is 15.9 Å². The van der Waals surface area contributed by atoms with Crippen molar-refractivity contribution in [2.75, 3.05) is 13.2 Å². The molecule has 0 radical (unpaired) electrons. The van der Waals surface area contributed by atoms with Crippen LogP contribution in [-0.2, 0) is 23.9 Å². The Morgan fingerprint density at radius 3 is 1.72 bits per heavy atom. The first-order chi connectivity index (χ1) is 22.7. The monoisotopic (exact) mass is 648 g/mol. The van der Waals surface area contributed by atoms with Crippen LogP contribution >= 0.6 is 6.89 Å². The van der Waals surface area contributed by atoms with Crippen molar-refractivity contribution in [3.63, 3.8) is 0 Å². The Labute approximate surface area is 275 Å². The summed E-state index contributed by atoms with van der Waals surface area (Å²) in [5.41, 5.74) is -0.776. The van der Waals surface area contributed by atoms with Gasteiger partial charge in [0, 0.05) is 6.89 Å². The molecule has 1 saturated heterocycles. The van der Waals surface area contributed by atoms with Crippen LogP contribution in [0.15, 0.2) is 121 Å². The lowest BCUT2D eigenvalue weighted by molar-refractivity contribution is -0.172. The molecule has 5 rings (SSSR count). The normalized spacial score (nSPS) is 16.0. The third-order valence-corrected chi connectivity index (χ3v) is 11.6. The molecule has 1 aliphatic rings.